The number of benzene rings is 2. The Balaban J connectivity index is 1.91. The third kappa shape index (κ3) is 2.72. The summed E-state index contributed by atoms with van der Waals surface area (Å²) in [5.41, 5.74) is 3.02. The first kappa shape index (κ1) is 15.3. The molecule has 1 heterocycles. The van der Waals surface area contributed by atoms with E-state index in [4.69, 9.17) is 0 Å². The van der Waals surface area contributed by atoms with Crippen LogP contribution in [0.1, 0.15) is 24.0 Å². The number of aromatic nitrogens is 1. The third-order valence-corrected chi connectivity index (χ3v) is 4.31. The molecule has 2 aromatic carbocycles. The van der Waals surface area contributed by atoms with Crippen molar-refractivity contribution in [2.24, 2.45) is 7.05 Å². The number of amides is 1. The molecule has 0 aliphatic rings. The van der Waals surface area contributed by atoms with Crippen LogP contribution in [0, 0.1) is 12.7 Å². The minimum absolute atomic E-state index is 0.143. The van der Waals surface area contributed by atoms with E-state index in [0.29, 0.717) is 11.3 Å². The first-order valence-corrected chi connectivity index (χ1v) is 7.59. The maximum atomic E-state index is 13.6. The van der Waals surface area contributed by atoms with Crippen molar-refractivity contribution >= 4 is 22.5 Å². The molecular formula is C19H19FN2O. The van der Waals surface area contributed by atoms with E-state index in [-0.39, 0.29) is 17.6 Å². The lowest BCUT2D eigenvalue weighted by Crippen LogP contribution is -2.19. The minimum atomic E-state index is -0.330. The largest absolute Gasteiger partial charge is 0.350 e. The number of halogens is 1. The van der Waals surface area contributed by atoms with Crippen molar-refractivity contribution in [2.45, 2.75) is 19.8 Å². The third-order valence-electron chi connectivity index (χ3n) is 4.31. The van der Waals surface area contributed by atoms with Crippen molar-refractivity contribution in [3.05, 3.63) is 65.6 Å². The quantitative estimate of drug-likeness (QED) is 0.766. The standard InChI is InChI=1S/C19H19FN2O/c1-12(15-11-22(3)18-10-5-4-7-14(15)18)19(23)21-17-9-6-8-16(20)13(17)2/h4-12H,1-3H3,(H,21,23). The van der Waals surface area contributed by atoms with Crippen LogP contribution in [0.5, 0.6) is 0 Å². The van der Waals surface area contributed by atoms with Gasteiger partial charge in [-0.1, -0.05) is 24.3 Å². The second kappa shape index (κ2) is 5.88. The molecule has 0 spiro atoms. The lowest BCUT2D eigenvalue weighted by Gasteiger charge is -2.13. The molecule has 0 aliphatic carbocycles. The molecule has 0 radical (unpaired) electrons. The normalized spacial score (nSPS) is 12.3. The Hall–Kier alpha value is -2.62. The summed E-state index contributed by atoms with van der Waals surface area (Å²) in [5, 5.41) is 3.90. The molecule has 0 bridgehead atoms. The highest BCUT2D eigenvalue weighted by Gasteiger charge is 2.20. The highest BCUT2D eigenvalue weighted by atomic mass is 19.1. The van der Waals surface area contributed by atoms with Crippen molar-refractivity contribution in [1.82, 2.24) is 4.57 Å². The average Bonchev–Trinajstić information content (AvgIpc) is 2.88. The molecule has 118 valence electrons. The fraction of sp³-hybridized carbons (Fsp3) is 0.211. The van der Waals surface area contributed by atoms with Crippen molar-refractivity contribution in [3.63, 3.8) is 0 Å². The molecule has 1 unspecified atom stereocenters. The van der Waals surface area contributed by atoms with Gasteiger partial charge in [0.25, 0.3) is 0 Å². The molecule has 4 heteroatoms. The van der Waals surface area contributed by atoms with Gasteiger partial charge in [0, 0.05) is 35.4 Å². The predicted octanol–water partition coefficient (Wildman–Crippen LogP) is 4.37. The summed E-state index contributed by atoms with van der Waals surface area (Å²) in [6.07, 6.45) is 1.98. The number of rotatable bonds is 3. The molecule has 1 amide bonds. The van der Waals surface area contributed by atoms with E-state index >= 15 is 0 Å². The maximum Gasteiger partial charge on any atom is 0.231 e. The Morgan fingerprint density at radius 2 is 1.91 bits per heavy atom. The summed E-state index contributed by atoms with van der Waals surface area (Å²) < 4.78 is 15.6. The van der Waals surface area contributed by atoms with E-state index in [2.05, 4.69) is 5.32 Å². The highest BCUT2D eigenvalue weighted by Crippen LogP contribution is 2.28. The van der Waals surface area contributed by atoms with Crippen LogP contribution in [-0.4, -0.2) is 10.5 Å². The van der Waals surface area contributed by atoms with Crippen LogP contribution in [0.4, 0.5) is 10.1 Å². The van der Waals surface area contributed by atoms with E-state index in [9.17, 15) is 9.18 Å². The summed E-state index contributed by atoms with van der Waals surface area (Å²) >= 11 is 0. The number of hydrogen-bond donors (Lipinski definition) is 1. The first-order valence-electron chi connectivity index (χ1n) is 7.59. The van der Waals surface area contributed by atoms with Crippen LogP contribution in [-0.2, 0) is 11.8 Å². The highest BCUT2D eigenvalue weighted by molar-refractivity contribution is 5.99. The van der Waals surface area contributed by atoms with Crippen LogP contribution >= 0.6 is 0 Å². The zero-order valence-corrected chi connectivity index (χ0v) is 13.4. The van der Waals surface area contributed by atoms with Crippen LogP contribution < -0.4 is 5.32 Å². The van der Waals surface area contributed by atoms with Gasteiger partial charge in [-0.15, -0.1) is 0 Å². The van der Waals surface area contributed by atoms with E-state index in [1.807, 2.05) is 49.0 Å². The molecule has 3 aromatic rings. The Labute approximate surface area is 134 Å². The SMILES string of the molecule is Cc1c(F)cccc1NC(=O)C(C)c1cn(C)c2ccccc12. The molecule has 0 aliphatic heterocycles. The number of hydrogen-bond acceptors (Lipinski definition) is 1. The summed E-state index contributed by atoms with van der Waals surface area (Å²) in [5.74, 6) is -0.792. The van der Waals surface area contributed by atoms with E-state index < -0.39 is 0 Å². The Kier molecular flexibility index (Phi) is 3.90. The Bertz CT molecular complexity index is 882. The fourth-order valence-electron chi connectivity index (χ4n) is 2.84. The molecule has 0 saturated heterocycles. The number of aryl methyl sites for hydroxylation is 1. The van der Waals surface area contributed by atoms with Gasteiger partial charge in [-0.3, -0.25) is 4.79 Å². The number of nitrogens with one attached hydrogen (secondary N) is 1. The monoisotopic (exact) mass is 310 g/mol. The number of anilines is 1. The number of para-hydroxylation sites is 1. The lowest BCUT2D eigenvalue weighted by atomic mass is 9.99. The van der Waals surface area contributed by atoms with Crippen molar-refractivity contribution in [1.29, 1.82) is 0 Å². The van der Waals surface area contributed by atoms with Crippen LogP contribution in [0.15, 0.2) is 48.7 Å². The van der Waals surface area contributed by atoms with Gasteiger partial charge < -0.3 is 9.88 Å². The van der Waals surface area contributed by atoms with Gasteiger partial charge in [0.05, 0.1) is 5.92 Å². The van der Waals surface area contributed by atoms with Crippen molar-refractivity contribution in [2.75, 3.05) is 5.32 Å². The molecule has 0 fully saturated rings. The Morgan fingerprint density at radius 3 is 2.70 bits per heavy atom. The second-order valence-corrected chi connectivity index (χ2v) is 5.84. The topological polar surface area (TPSA) is 34.0 Å². The molecular weight excluding hydrogens is 291 g/mol. The maximum absolute atomic E-state index is 13.6. The van der Waals surface area contributed by atoms with Crippen LogP contribution in [0.25, 0.3) is 10.9 Å². The van der Waals surface area contributed by atoms with Gasteiger partial charge in [-0.2, -0.15) is 0 Å². The average molecular weight is 310 g/mol. The summed E-state index contributed by atoms with van der Waals surface area (Å²) in [4.78, 5) is 12.6. The molecule has 3 nitrogen and oxygen atoms in total. The lowest BCUT2D eigenvalue weighted by molar-refractivity contribution is -0.117. The molecule has 0 saturated carbocycles. The molecule has 1 aromatic heterocycles. The zero-order chi connectivity index (χ0) is 16.6. The van der Waals surface area contributed by atoms with E-state index in [1.54, 1.807) is 19.1 Å². The number of nitrogens with zero attached hydrogens (tertiary/aromatic N) is 1. The van der Waals surface area contributed by atoms with Gasteiger partial charge >= 0.3 is 0 Å². The number of carbonyl (C=O) groups is 1. The van der Waals surface area contributed by atoms with Crippen molar-refractivity contribution in [3.8, 4) is 0 Å². The predicted molar refractivity (Wildman–Crippen MR) is 91.1 cm³/mol. The first-order chi connectivity index (χ1) is 11.0. The van der Waals surface area contributed by atoms with Gasteiger partial charge in [-0.25, -0.2) is 4.39 Å². The summed E-state index contributed by atoms with van der Waals surface area (Å²) in [6, 6.07) is 12.7. The van der Waals surface area contributed by atoms with Gasteiger partial charge in [0.1, 0.15) is 5.82 Å². The molecule has 1 atom stereocenters. The Morgan fingerprint density at radius 1 is 1.17 bits per heavy atom. The van der Waals surface area contributed by atoms with Gasteiger partial charge in [-0.05, 0) is 37.6 Å². The number of fused-ring (bicyclic) bond motifs is 1. The summed E-state index contributed by atoms with van der Waals surface area (Å²) in [6.45, 7) is 3.53. The smallest absolute Gasteiger partial charge is 0.231 e. The summed E-state index contributed by atoms with van der Waals surface area (Å²) in [7, 11) is 1.97. The van der Waals surface area contributed by atoms with Crippen LogP contribution in [0.2, 0.25) is 0 Å². The van der Waals surface area contributed by atoms with Gasteiger partial charge in [0.2, 0.25) is 5.91 Å². The molecule has 3 rings (SSSR count). The van der Waals surface area contributed by atoms with Gasteiger partial charge in [0.15, 0.2) is 0 Å². The van der Waals surface area contributed by atoms with E-state index in [0.717, 1.165) is 16.5 Å². The zero-order valence-electron chi connectivity index (χ0n) is 13.4. The second-order valence-electron chi connectivity index (χ2n) is 5.84. The van der Waals surface area contributed by atoms with E-state index in [1.165, 1.54) is 6.07 Å². The molecule has 23 heavy (non-hydrogen) atoms. The fourth-order valence-corrected chi connectivity index (χ4v) is 2.84. The number of carbonyl (C=O) groups excluding carboxylic acids is 1. The molecule has 1 N–H and O–H groups in total. The minimum Gasteiger partial charge on any atom is -0.350 e. The van der Waals surface area contributed by atoms with Crippen LogP contribution in [0.3, 0.4) is 0 Å². The van der Waals surface area contributed by atoms with Crippen molar-refractivity contribution < 1.29 is 9.18 Å².